The smallest absolute Gasteiger partial charge is 0.180 e. The van der Waals surface area contributed by atoms with E-state index in [9.17, 15) is 0 Å². The summed E-state index contributed by atoms with van der Waals surface area (Å²) in [5, 5.41) is 3.98. The number of nitrogens with one attached hydrogen (secondary N) is 1. The maximum atomic E-state index is 5.88. The van der Waals surface area contributed by atoms with Gasteiger partial charge in [-0.05, 0) is 44.7 Å². The Bertz CT molecular complexity index is 610. The number of pyridine rings is 1. The highest BCUT2D eigenvalue weighted by Gasteiger charge is 2.18. The highest BCUT2D eigenvalue weighted by molar-refractivity contribution is 6.30. The Morgan fingerprint density at radius 1 is 1.20 bits per heavy atom. The number of nitrogens with zero attached hydrogens (tertiary/aromatic N) is 3. The van der Waals surface area contributed by atoms with Crippen molar-refractivity contribution in [1.82, 2.24) is 15.0 Å². The largest absolute Gasteiger partial charge is 0.370 e. The predicted molar refractivity (Wildman–Crippen MR) is 81.1 cm³/mol. The van der Waals surface area contributed by atoms with Gasteiger partial charge in [0.1, 0.15) is 11.5 Å². The molecule has 1 aliphatic carbocycles. The lowest BCUT2D eigenvalue weighted by Crippen LogP contribution is -2.13. The van der Waals surface area contributed by atoms with Crippen LogP contribution in [0.3, 0.4) is 0 Å². The van der Waals surface area contributed by atoms with Crippen molar-refractivity contribution in [3.8, 4) is 11.5 Å². The standard InChI is InChI=1S/C15H17ClN4/c1-2-17-14-11-5-3-4-6-12(11)19-15(20-14)13-8-7-10(16)9-18-13/h7-9H,2-6H2,1H3,(H,17,19,20). The molecule has 5 heteroatoms. The van der Waals surface area contributed by atoms with Crippen LogP contribution in [0.5, 0.6) is 0 Å². The van der Waals surface area contributed by atoms with E-state index in [1.807, 2.05) is 12.1 Å². The molecule has 2 aromatic rings. The Kier molecular flexibility index (Phi) is 3.83. The predicted octanol–water partition coefficient (Wildman–Crippen LogP) is 3.50. The second kappa shape index (κ2) is 5.75. The van der Waals surface area contributed by atoms with Crippen LogP contribution in [0.4, 0.5) is 5.82 Å². The quantitative estimate of drug-likeness (QED) is 0.939. The summed E-state index contributed by atoms with van der Waals surface area (Å²) in [5.74, 6) is 1.64. The minimum atomic E-state index is 0.624. The van der Waals surface area contributed by atoms with Gasteiger partial charge in [0.2, 0.25) is 0 Å². The molecule has 20 heavy (non-hydrogen) atoms. The molecule has 2 heterocycles. The monoisotopic (exact) mass is 288 g/mol. The molecule has 104 valence electrons. The van der Waals surface area contributed by atoms with Gasteiger partial charge >= 0.3 is 0 Å². The normalized spacial score (nSPS) is 13.9. The van der Waals surface area contributed by atoms with Crippen molar-refractivity contribution in [2.45, 2.75) is 32.6 Å². The SMILES string of the molecule is CCNc1nc(-c2ccc(Cl)cn2)nc2c1CCCC2. The minimum absolute atomic E-state index is 0.624. The van der Waals surface area contributed by atoms with Gasteiger partial charge in [0, 0.05) is 24.0 Å². The third-order valence-corrected chi connectivity index (χ3v) is 3.71. The molecule has 2 aromatic heterocycles. The molecule has 0 aromatic carbocycles. The van der Waals surface area contributed by atoms with E-state index in [0.717, 1.165) is 36.6 Å². The molecule has 0 spiro atoms. The summed E-state index contributed by atoms with van der Waals surface area (Å²) in [7, 11) is 0. The Labute approximate surface area is 123 Å². The van der Waals surface area contributed by atoms with Crippen molar-refractivity contribution in [3.63, 3.8) is 0 Å². The highest BCUT2D eigenvalue weighted by Crippen LogP contribution is 2.28. The Morgan fingerprint density at radius 3 is 2.80 bits per heavy atom. The van der Waals surface area contributed by atoms with Crippen LogP contribution >= 0.6 is 11.6 Å². The van der Waals surface area contributed by atoms with Gasteiger partial charge in [0.15, 0.2) is 5.82 Å². The number of aromatic nitrogens is 3. The number of hydrogen-bond donors (Lipinski definition) is 1. The molecule has 0 radical (unpaired) electrons. The molecule has 0 amide bonds. The van der Waals surface area contributed by atoms with Crippen LogP contribution in [0.2, 0.25) is 5.02 Å². The first-order chi connectivity index (χ1) is 9.78. The summed E-state index contributed by atoms with van der Waals surface area (Å²) in [5.41, 5.74) is 3.20. The van der Waals surface area contributed by atoms with E-state index in [2.05, 4.69) is 22.2 Å². The third kappa shape index (κ3) is 2.61. The van der Waals surface area contributed by atoms with Gasteiger partial charge in [-0.2, -0.15) is 0 Å². The van der Waals surface area contributed by atoms with Crippen LogP contribution in [0.15, 0.2) is 18.3 Å². The number of anilines is 1. The minimum Gasteiger partial charge on any atom is -0.370 e. The molecule has 0 unspecified atom stereocenters. The maximum Gasteiger partial charge on any atom is 0.180 e. The maximum absolute atomic E-state index is 5.88. The highest BCUT2D eigenvalue weighted by atomic mass is 35.5. The third-order valence-electron chi connectivity index (χ3n) is 3.48. The lowest BCUT2D eigenvalue weighted by molar-refractivity contribution is 0.664. The summed E-state index contributed by atoms with van der Waals surface area (Å²) in [4.78, 5) is 13.7. The van der Waals surface area contributed by atoms with Crippen molar-refractivity contribution in [1.29, 1.82) is 0 Å². The van der Waals surface area contributed by atoms with Crippen molar-refractivity contribution in [2.75, 3.05) is 11.9 Å². The Balaban J connectivity index is 2.07. The lowest BCUT2D eigenvalue weighted by atomic mass is 9.96. The van der Waals surface area contributed by atoms with Crippen LogP contribution in [0.25, 0.3) is 11.5 Å². The Hall–Kier alpha value is -1.68. The molecule has 1 aliphatic rings. The molecule has 0 aliphatic heterocycles. The fourth-order valence-corrected chi connectivity index (χ4v) is 2.64. The van der Waals surface area contributed by atoms with Gasteiger partial charge < -0.3 is 5.32 Å². The van der Waals surface area contributed by atoms with Crippen molar-refractivity contribution in [3.05, 3.63) is 34.6 Å². The number of halogens is 1. The van der Waals surface area contributed by atoms with Gasteiger partial charge in [0.25, 0.3) is 0 Å². The second-order valence-corrected chi connectivity index (χ2v) is 5.36. The molecule has 0 fully saturated rings. The summed E-state index contributed by atoms with van der Waals surface area (Å²) >= 11 is 5.88. The van der Waals surface area contributed by atoms with Crippen LogP contribution in [-0.4, -0.2) is 21.5 Å². The fourth-order valence-electron chi connectivity index (χ4n) is 2.53. The van der Waals surface area contributed by atoms with Crippen molar-refractivity contribution < 1.29 is 0 Å². The van der Waals surface area contributed by atoms with Crippen LogP contribution < -0.4 is 5.32 Å². The molecule has 0 atom stereocenters. The lowest BCUT2D eigenvalue weighted by Gasteiger charge is -2.19. The van der Waals surface area contributed by atoms with Crippen LogP contribution in [-0.2, 0) is 12.8 Å². The van der Waals surface area contributed by atoms with Gasteiger partial charge in [-0.1, -0.05) is 11.6 Å². The number of hydrogen-bond acceptors (Lipinski definition) is 4. The average Bonchev–Trinajstić information content (AvgIpc) is 2.48. The summed E-state index contributed by atoms with van der Waals surface area (Å²) < 4.78 is 0. The fraction of sp³-hybridized carbons (Fsp3) is 0.400. The van der Waals surface area contributed by atoms with Gasteiger partial charge in [-0.25, -0.2) is 9.97 Å². The molecule has 0 saturated heterocycles. The molecule has 1 N–H and O–H groups in total. The molecule has 0 bridgehead atoms. The second-order valence-electron chi connectivity index (χ2n) is 4.92. The molecule has 4 nitrogen and oxygen atoms in total. The van der Waals surface area contributed by atoms with Crippen molar-refractivity contribution in [2.24, 2.45) is 0 Å². The average molecular weight is 289 g/mol. The Morgan fingerprint density at radius 2 is 2.05 bits per heavy atom. The first kappa shape index (κ1) is 13.3. The van der Waals surface area contributed by atoms with Crippen molar-refractivity contribution >= 4 is 17.4 Å². The number of fused-ring (bicyclic) bond motifs is 1. The zero-order valence-electron chi connectivity index (χ0n) is 11.5. The molecular formula is C15H17ClN4. The topological polar surface area (TPSA) is 50.7 Å². The number of rotatable bonds is 3. The first-order valence-electron chi connectivity index (χ1n) is 7.03. The van der Waals surface area contributed by atoms with Gasteiger partial charge in [-0.3, -0.25) is 4.98 Å². The van der Waals surface area contributed by atoms with E-state index in [-0.39, 0.29) is 0 Å². The molecular weight excluding hydrogens is 272 g/mol. The van der Waals surface area contributed by atoms with E-state index >= 15 is 0 Å². The zero-order valence-corrected chi connectivity index (χ0v) is 12.2. The zero-order chi connectivity index (χ0) is 13.9. The molecule has 3 rings (SSSR count). The number of aryl methyl sites for hydroxylation is 1. The van der Waals surface area contributed by atoms with E-state index in [1.54, 1.807) is 6.20 Å². The van der Waals surface area contributed by atoms with E-state index < -0.39 is 0 Å². The molecule has 0 saturated carbocycles. The van der Waals surface area contributed by atoms with Crippen LogP contribution in [0, 0.1) is 0 Å². The van der Waals surface area contributed by atoms with E-state index in [4.69, 9.17) is 16.6 Å². The van der Waals surface area contributed by atoms with E-state index in [1.165, 1.54) is 18.4 Å². The summed E-state index contributed by atoms with van der Waals surface area (Å²) in [6.07, 6.45) is 6.13. The summed E-state index contributed by atoms with van der Waals surface area (Å²) in [6, 6.07) is 3.68. The van der Waals surface area contributed by atoms with Gasteiger partial charge in [0.05, 0.1) is 5.02 Å². The van der Waals surface area contributed by atoms with Crippen LogP contribution in [0.1, 0.15) is 31.0 Å². The van der Waals surface area contributed by atoms with E-state index in [0.29, 0.717) is 10.8 Å². The first-order valence-corrected chi connectivity index (χ1v) is 7.41. The summed E-state index contributed by atoms with van der Waals surface area (Å²) in [6.45, 7) is 2.94. The van der Waals surface area contributed by atoms with Gasteiger partial charge in [-0.15, -0.1) is 0 Å².